The quantitative estimate of drug-likeness (QED) is 0.727. The largest absolute Gasteiger partial charge is 0.383 e. The number of nitrogens with one attached hydrogen (secondary N) is 2. The average Bonchev–Trinajstić information content (AvgIpc) is 3.09. The molecule has 1 aromatic heterocycles. The molecule has 6 heteroatoms. The highest BCUT2D eigenvalue weighted by Gasteiger charge is 2.32. The van der Waals surface area contributed by atoms with Crippen molar-refractivity contribution < 1.29 is 0 Å². The zero-order chi connectivity index (χ0) is 12.7. The Morgan fingerprint density at radius 3 is 2.78 bits per heavy atom. The van der Waals surface area contributed by atoms with Crippen molar-refractivity contribution in [1.82, 2.24) is 15.1 Å². The first-order chi connectivity index (χ1) is 8.70. The fourth-order valence-electron chi connectivity index (χ4n) is 2.33. The molecular formula is C12H18N6. The lowest BCUT2D eigenvalue weighted by atomic mass is 10.2. The van der Waals surface area contributed by atoms with E-state index in [0.717, 1.165) is 13.1 Å². The van der Waals surface area contributed by atoms with E-state index in [1.807, 2.05) is 4.68 Å². The summed E-state index contributed by atoms with van der Waals surface area (Å²) in [6, 6.07) is 2.80. The first-order valence-corrected chi connectivity index (χ1v) is 6.46. The number of rotatable bonds is 4. The summed E-state index contributed by atoms with van der Waals surface area (Å²) in [5.74, 6) is 1.79. The van der Waals surface area contributed by atoms with Crippen LogP contribution in [-0.4, -0.2) is 28.9 Å². The van der Waals surface area contributed by atoms with Crippen LogP contribution in [0.2, 0.25) is 0 Å². The molecular weight excluding hydrogens is 228 g/mol. The molecule has 96 valence electrons. The van der Waals surface area contributed by atoms with Gasteiger partial charge in [-0.3, -0.25) is 0 Å². The topological polar surface area (TPSA) is 91.7 Å². The van der Waals surface area contributed by atoms with Gasteiger partial charge >= 0.3 is 0 Å². The molecule has 1 saturated heterocycles. The van der Waals surface area contributed by atoms with Crippen molar-refractivity contribution in [1.29, 1.82) is 5.26 Å². The summed E-state index contributed by atoms with van der Waals surface area (Å²) in [4.78, 5) is 0. The van der Waals surface area contributed by atoms with Gasteiger partial charge in [0.2, 0.25) is 0 Å². The van der Waals surface area contributed by atoms with Crippen LogP contribution in [0.4, 0.5) is 11.6 Å². The summed E-state index contributed by atoms with van der Waals surface area (Å²) in [7, 11) is 0. The van der Waals surface area contributed by atoms with Crippen LogP contribution in [0.3, 0.4) is 0 Å². The van der Waals surface area contributed by atoms with E-state index in [2.05, 4.69) is 28.7 Å². The first-order valence-electron chi connectivity index (χ1n) is 6.46. The Morgan fingerprint density at radius 2 is 2.28 bits per heavy atom. The van der Waals surface area contributed by atoms with Gasteiger partial charge in [0, 0.05) is 13.1 Å². The third-order valence-corrected chi connectivity index (χ3v) is 3.87. The molecule has 2 heterocycles. The molecule has 0 radical (unpaired) electrons. The Kier molecular flexibility index (Phi) is 2.63. The van der Waals surface area contributed by atoms with Crippen molar-refractivity contribution in [2.45, 2.75) is 31.8 Å². The van der Waals surface area contributed by atoms with Crippen LogP contribution >= 0.6 is 0 Å². The van der Waals surface area contributed by atoms with E-state index in [4.69, 9.17) is 5.73 Å². The fraction of sp³-hybridized carbons (Fsp3) is 0.667. The molecule has 1 aromatic rings. The van der Waals surface area contributed by atoms with Crippen LogP contribution in [0.1, 0.15) is 31.4 Å². The molecule has 6 nitrogen and oxygen atoms in total. The molecule has 1 saturated carbocycles. The second kappa shape index (κ2) is 4.18. The van der Waals surface area contributed by atoms with E-state index >= 15 is 0 Å². The Balaban J connectivity index is 1.87. The van der Waals surface area contributed by atoms with Crippen LogP contribution < -0.4 is 16.4 Å². The minimum absolute atomic E-state index is 0.284. The summed E-state index contributed by atoms with van der Waals surface area (Å²) in [5, 5.41) is 20.2. The molecule has 4 N–H and O–H groups in total. The van der Waals surface area contributed by atoms with Gasteiger partial charge < -0.3 is 16.4 Å². The van der Waals surface area contributed by atoms with Gasteiger partial charge in [-0.25, -0.2) is 4.68 Å². The minimum Gasteiger partial charge on any atom is -0.383 e. The zero-order valence-corrected chi connectivity index (χ0v) is 10.5. The number of hydrogen-bond acceptors (Lipinski definition) is 5. The van der Waals surface area contributed by atoms with Crippen molar-refractivity contribution in [2.75, 3.05) is 24.1 Å². The second-order valence-electron chi connectivity index (χ2n) is 5.24. The average molecular weight is 246 g/mol. The highest BCUT2D eigenvalue weighted by atomic mass is 15.4. The molecule has 0 bridgehead atoms. The number of nitrogens with two attached hydrogens (primary N) is 1. The van der Waals surface area contributed by atoms with Crippen LogP contribution in [-0.2, 0) is 0 Å². The molecule has 18 heavy (non-hydrogen) atoms. The Bertz CT molecular complexity index is 491. The van der Waals surface area contributed by atoms with Gasteiger partial charge in [-0.2, -0.15) is 10.4 Å². The number of aromatic nitrogens is 2. The van der Waals surface area contributed by atoms with E-state index in [1.165, 1.54) is 12.8 Å². The maximum absolute atomic E-state index is 9.21. The number of nitriles is 1. The smallest absolute Gasteiger partial charge is 0.168 e. The maximum Gasteiger partial charge on any atom is 0.168 e. The number of nitrogen functional groups attached to an aromatic ring is 1. The van der Waals surface area contributed by atoms with Crippen molar-refractivity contribution >= 4 is 11.6 Å². The summed E-state index contributed by atoms with van der Waals surface area (Å²) < 4.78 is 1.81. The SMILES string of the molecule is CC(C1CC1)n1nc(NC2CNC2)c(C#N)c1N. The standard InChI is InChI=1S/C12H18N6/c1-7(8-2-3-8)18-11(14)10(4-13)12(17-18)16-9-5-15-6-9/h7-9,15H,2-3,5-6,14H2,1H3,(H,16,17). The van der Waals surface area contributed by atoms with Crippen LogP contribution in [0.15, 0.2) is 0 Å². The third kappa shape index (κ3) is 1.81. The van der Waals surface area contributed by atoms with E-state index in [-0.39, 0.29) is 6.04 Å². The van der Waals surface area contributed by atoms with E-state index in [9.17, 15) is 5.26 Å². The summed E-state index contributed by atoms with van der Waals surface area (Å²) >= 11 is 0. The van der Waals surface area contributed by atoms with Crippen molar-refractivity contribution in [3.63, 3.8) is 0 Å². The predicted molar refractivity (Wildman–Crippen MR) is 69.1 cm³/mol. The van der Waals surface area contributed by atoms with E-state index in [0.29, 0.717) is 29.2 Å². The van der Waals surface area contributed by atoms with Gasteiger partial charge in [0.25, 0.3) is 0 Å². The number of nitrogens with zero attached hydrogens (tertiary/aromatic N) is 3. The Morgan fingerprint density at radius 1 is 1.56 bits per heavy atom. The van der Waals surface area contributed by atoms with Crippen LogP contribution in [0.25, 0.3) is 0 Å². The van der Waals surface area contributed by atoms with E-state index < -0.39 is 0 Å². The minimum atomic E-state index is 0.284. The lowest BCUT2D eigenvalue weighted by Gasteiger charge is -2.27. The molecule has 0 spiro atoms. The highest BCUT2D eigenvalue weighted by molar-refractivity contribution is 5.64. The van der Waals surface area contributed by atoms with E-state index in [1.54, 1.807) is 0 Å². The molecule has 0 amide bonds. The second-order valence-corrected chi connectivity index (χ2v) is 5.24. The lowest BCUT2D eigenvalue weighted by molar-refractivity contribution is 0.442. The molecule has 1 atom stereocenters. The van der Waals surface area contributed by atoms with Gasteiger partial charge in [-0.1, -0.05) is 0 Å². The summed E-state index contributed by atoms with van der Waals surface area (Å²) in [6.07, 6.45) is 2.47. The van der Waals surface area contributed by atoms with Crippen LogP contribution in [0.5, 0.6) is 0 Å². The molecule has 1 aliphatic heterocycles. The van der Waals surface area contributed by atoms with Gasteiger partial charge in [0.1, 0.15) is 17.5 Å². The van der Waals surface area contributed by atoms with Crippen molar-refractivity contribution in [3.8, 4) is 6.07 Å². The molecule has 1 aliphatic carbocycles. The highest BCUT2D eigenvalue weighted by Crippen LogP contribution is 2.41. The van der Waals surface area contributed by atoms with Crippen molar-refractivity contribution in [3.05, 3.63) is 5.56 Å². The van der Waals surface area contributed by atoms with Gasteiger partial charge in [-0.15, -0.1) is 0 Å². The normalized spacial score (nSPS) is 21.1. The third-order valence-electron chi connectivity index (χ3n) is 3.87. The zero-order valence-electron chi connectivity index (χ0n) is 10.5. The molecule has 0 aromatic carbocycles. The molecule has 2 aliphatic rings. The van der Waals surface area contributed by atoms with Crippen molar-refractivity contribution in [2.24, 2.45) is 5.92 Å². The number of hydrogen-bond donors (Lipinski definition) is 3. The number of anilines is 2. The van der Waals surface area contributed by atoms with Crippen LogP contribution in [0, 0.1) is 17.2 Å². The fourth-order valence-corrected chi connectivity index (χ4v) is 2.33. The summed E-state index contributed by atoms with van der Waals surface area (Å²) in [6.45, 7) is 3.95. The predicted octanol–water partition coefficient (Wildman–Crippen LogP) is 0.692. The lowest BCUT2D eigenvalue weighted by Crippen LogP contribution is -2.51. The first kappa shape index (κ1) is 11.4. The Hall–Kier alpha value is -1.74. The summed E-state index contributed by atoms with van der Waals surface area (Å²) in [5.41, 5.74) is 6.52. The monoisotopic (exact) mass is 246 g/mol. The van der Waals surface area contributed by atoms with Gasteiger partial charge in [0.05, 0.1) is 12.1 Å². The maximum atomic E-state index is 9.21. The molecule has 2 fully saturated rings. The molecule has 3 rings (SSSR count). The molecule has 1 unspecified atom stereocenters. The Labute approximate surface area is 106 Å². The van der Waals surface area contributed by atoms with Gasteiger partial charge in [-0.05, 0) is 25.7 Å². The van der Waals surface area contributed by atoms with Gasteiger partial charge in [0.15, 0.2) is 5.82 Å².